The SMILES string of the molecule is Cc1ccccc1C(=O)N1CCCCC1c1nnc(-c2ccncc2)o1. The normalized spacial score (nSPS) is 17.3. The van der Waals surface area contributed by atoms with E-state index in [1.54, 1.807) is 12.4 Å². The van der Waals surface area contributed by atoms with Crippen molar-refractivity contribution in [1.29, 1.82) is 0 Å². The second kappa shape index (κ2) is 7.07. The van der Waals surface area contributed by atoms with Crippen molar-refractivity contribution in [3.05, 3.63) is 65.8 Å². The van der Waals surface area contributed by atoms with Gasteiger partial charge in [0.05, 0.1) is 0 Å². The predicted molar refractivity (Wildman–Crippen MR) is 96.3 cm³/mol. The summed E-state index contributed by atoms with van der Waals surface area (Å²) >= 11 is 0. The summed E-state index contributed by atoms with van der Waals surface area (Å²) in [5.74, 6) is 0.978. The number of nitrogens with zero attached hydrogens (tertiary/aromatic N) is 4. The molecule has 0 radical (unpaired) electrons. The molecule has 1 aliphatic heterocycles. The van der Waals surface area contributed by atoms with Crippen LogP contribution in [0.15, 0.2) is 53.2 Å². The first-order chi connectivity index (χ1) is 12.7. The van der Waals surface area contributed by atoms with E-state index in [-0.39, 0.29) is 11.9 Å². The van der Waals surface area contributed by atoms with Crippen molar-refractivity contribution < 1.29 is 9.21 Å². The molecule has 4 rings (SSSR count). The number of pyridine rings is 1. The van der Waals surface area contributed by atoms with Gasteiger partial charge in [-0.25, -0.2) is 0 Å². The molecule has 6 nitrogen and oxygen atoms in total. The van der Waals surface area contributed by atoms with E-state index in [9.17, 15) is 4.79 Å². The first kappa shape index (κ1) is 16.4. The minimum atomic E-state index is -0.182. The van der Waals surface area contributed by atoms with Crippen LogP contribution in [0, 0.1) is 6.92 Å². The van der Waals surface area contributed by atoms with Crippen LogP contribution < -0.4 is 0 Å². The van der Waals surface area contributed by atoms with Gasteiger partial charge >= 0.3 is 0 Å². The van der Waals surface area contributed by atoms with Gasteiger partial charge in [0.25, 0.3) is 5.91 Å². The van der Waals surface area contributed by atoms with Crippen molar-refractivity contribution in [2.75, 3.05) is 6.54 Å². The molecular weight excluding hydrogens is 328 g/mol. The van der Waals surface area contributed by atoms with Gasteiger partial charge in [-0.3, -0.25) is 9.78 Å². The molecule has 0 saturated carbocycles. The van der Waals surface area contributed by atoms with Gasteiger partial charge in [0.1, 0.15) is 6.04 Å². The maximum atomic E-state index is 13.1. The van der Waals surface area contributed by atoms with Gasteiger partial charge in [0, 0.05) is 30.1 Å². The summed E-state index contributed by atoms with van der Waals surface area (Å²) < 4.78 is 5.91. The molecule has 1 aliphatic rings. The zero-order chi connectivity index (χ0) is 17.9. The topological polar surface area (TPSA) is 72.1 Å². The zero-order valence-corrected chi connectivity index (χ0v) is 14.6. The van der Waals surface area contributed by atoms with E-state index in [4.69, 9.17) is 4.42 Å². The third-order valence-corrected chi connectivity index (χ3v) is 4.79. The van der Waals surface area contributed by atoms with E-state index in [2.05, 4.69) is 15.2 Å². The Balaban J connectivity index is 1.63. The number of piperidine rings is 1. The third-order valence-electron chi connectivity index (χ3n) is 4.79. The smallest absolute Gasteiger partial charge is 0.254 e. The highest BCUT2D eigenvalue weighted by Gasteiger charge is 2.33. The highest BCUT2D eigenvalue weighted by Crippen LogP contribution is 2.33. The Morgan fingerprint density at radius 2 is 1.92 bits per heavy atom. The van der Waals surface area contributed by atoms with Gasteiger partial charge in [-0.05, 0) is 49.9 Å². The molecule has 1 unspecified atom stereocenters. The molecule has 0 bridgehead atoms. The van der Waals surface area contributed by atoms with Crippen LogP contribution in [0.5, 0.6) is 0 Å². The number of hydrogen-bond donors (Lipinski definition) is 0. The lowest BCUT2D eigenvalue weighted by molar-refractivity contribution is 0.0571. The molecule has 6 heteroatoms. The maximum Gasteiger partial charge on any atom is 0.254 e. The first-order valence-corrected chi connectivity index (χ1v) is 8.84. The summed E-state index contributed by atoms with van der Waals surface area (Å²) in [7, 11) is 0. The van der Waals surface area contributed by atoms with Gasteiger partial charge in [-0.1, -0.05) is 18.2 Å². The highest BCUT2D eigenvalue weighted by atomic mass is 16.4. The Kier molecular flexibility index (Phi) is 4.48. The Morgan fingerprint density at radius 1 is 1.12 bits per heavy atom. The Bertz CT molecular complexity index is 907. The second-order valence-electron chi connectivity index (χ2n) is 6.51. The molecule has 0 spiro atoms. The van der Waals surface area contributed by atoms with Gasteiger partial charge < -0.3 is 9.32 Å². The average Bonchev–Trinajstić information content (AvgIpc) is 3.19. The lowest BCUT2D eigenvalue weighted by Gasteiger charge is -2.33. The van der Waals surface area contributed by atoms with Crippen molar-refractivity contribution >= 4 is 5.91 Å². The molecule has 2 aromatic heterocycles. The van der Waals surface area contributed by atoms with Crippen LogP contribution in [0.2, 0.25) is 0 Å². The summed E-state index contributed by atoms with van der Waals surface area (Å²) in [5.41, 5.74) is 2.53. The van der Waals surface area contributed by atoms with Crippen molar-refractivity contribution in [3.63, 3.8) is 0 Å². The molecule has 1 fully saturated rings. The average molecular weight is 348 g/mol. The molecular formula is C20H20N4O2. The largest absolute Gasteiger partial charge is 0.418 e. The minimum Gasteiger partial charge on any atom is -0.418 e. The fourth-order valence-corrected chi connectivity index (χ4v) is 3.38. The Labute approximate surface area is 151 Å². The van der Waals surface area contributed by atoms with Gasteiger partial charge in [-0.2, -0.15) is 0 Å². The molecule has 0 aliphatic carbocycles. The zero-order valence-electron chi connectivity index (χ0n) is 14.6. The molecule has 3 heterocycles. The number of amides is 1. The van der Waals surface area contributed by atoms with E-state index >= 15 is 0 Å². The highest BCUT2D eigenvalue weighted by molar-refractivity contribution is 5.95. The molecule has 1 amide bonds. The lowest BCUT2D eigenvalue weighted by Crippen LogP contribution is -2.39. The van der Waals surface area contributed by atoms with Crippen molar-refractivity contribution in [2.24, 2.45) is 0 Å². The predicted octanol–water partition coefficient (Wildman–Crippen LogP) is 3.81. The summed E-state index contributed by atoms with van der Waals surface area (Å²) in [6.07, 6.45) is 6.23. The standard InChI is InChI=1S/C20H20N4O2/c1-14-6-2-3-7-16(14)20(25)24-13-5-4-8-17(24)19-23-22-18(26-19)15-9-11-21-12-10-15/h2-3,6-7,9-12,17H,4-5,8,13H2,1H3. The molecule has 0 N–H and O–H groups in total. The van der Waals surface area contributed by atoms with Crippen LogP contribution in [0.25, 0.3) is 11.5 Å². The molecule has 132 valence electrons. The summed E-state index contributed by atoms with van der Waals surface area (Å²) in [6.45, 7) is 2.66. The van der Waals surface area contributed by atoms with Crippen molar-refractivity contribution in [3.8, 4) is 11.5 Å². The number of aryl methyl sites for hydroxylation is 1. The van der Waals surface area contributed by atoms with E-state index in [1.807, 2.05) is 48.2 Å². The quantitative estimate of drug-likeness (QED) is 0.720. The molecule has 1 saturated heterocycles. The van der Waals surface area contributed by atoms with Crippen LogP contribution in [-0.4, -0.2) is 32.5 Å². The number of carbonyl (C=O) groups excluding carboxylic acids is 1. The monoisotopic (exact) mass is 348 g/mol. The summed E-state index contributed by atoms with van der Waals surface area (Å²) in [4.78, 5) is 19.0. The molecule has 3 aromatic rings. The first-order valence-electron chi connectivity index (χ1n) is 8.84. The van der Waals surface area contributed by atoms with E-state index in [0.717, 1.165) is 36.0 Å². The number of aromatic nitrogens is 3. The number of rotatable bonds is 3. The number of likely N-dealkylation sites (tertiary alicyclic amines) is 1. The Hall–Kier alpha value is -3.02. The minimum absolute atomic E-state index is 0.0245. The lowest BCUT2D eigenvalue weighted by atomic mass is 9.99. The molecule has 26 heavy (non-hydrogen) atoms. The molecule has 1 aromatic carbocycles. The van der Waals surface area contributed by atoms with E-state index in [0.29, 0.717) is 18.3 Å². The van der Waals surface area contributed by atoms with Gasteiger partial charge in [0.2, 0.25) is 11.8 Å². The summed E-state index contributed by atoms with van der Waals surface area (Å²) in [6, 6.07) is 11.1. The van der Waals surface area contributed by atoms with Gasteiger partial charge in [0.15, 0.2) is 0 Å². The van der Waals surface area contributed by atoms with E-state index in [1.165, 1.54) is 0 Å². The van der Waals surface area contributed by atoms with Crippen LogP contribution in [0.3, 0.4) is 0 Å². The number of carbonyl (C=O) groups is 1. The fraction of sp³-hybridized carbons (Fsp3) is 0.300. The van der Waals surface area contributed by atoms with Crippen LogP contribution in [-0.2, 0) is 0 Å². The van der Waals surface area contributed by atoms with Crippen LogP contribution >= 0.6 is 0 Å². The number of hydrogen-bond acceptors (Lipinski definition) is 5. The maximum absolute atomic E-state index is 13.1. The molecule has 1 atom stereocenters. The van der Waals surface area contributed by atoms with Crippen molar-refractivity contribution in [1.82, 2.24) is 20.1 Å². The third kappa shape index (κ3) is 3.10. The van der Waals surface area contributed by atoms with Crippen molar-refractivity contribution in [2.45, 2.75) is 32.2 Å². The van der Waals surface area contributed by atoms with Crippen LogP contribution in [0.1, 0.15) is 47.1 Å². The summed E-state index contributed by atoms with van der Waals surface area (Å²) in [5, 5.41) is 8.40. The van der Waals surface area contributed by atoms with Gasteiger partial charge in [-0.15, -0.1) is 10.2 Å². The van der Waals surface area contributed by atoms with Crippen LogP contribution in [0.4, 0.5) is 0 Å². The second-order valence-corrected chi connectivity index (χ2v) is 6.51. The van der Waals surface area contributed by atoms with E-state index < -0.39 is 0 Å². The fourth-order valence-electron chi connectivity index (χ4n) is 3.38. The Morgan fingerprint density at radius 3 is 2.73 bits per heavy atom. The number of benzene rings is 1.